The SMILES string of the molecule is OCC1OCC2CCNCC21. The van der Waals surface area contributed by atoms with Gasteiger partial charge in [0.15, 0.2) is 0 Å². The van der Waals surface area contributed by atoms with E-state index in [1.165, 1.54) is 6.42 Å². The zero-order valence-corrected chi connectivity index (χ0v) is 6.62. The van der Waals surface area contributed by atoms with Crippen LogP contribution < -0.4 is 5.32 Å². The molecular weight excluding hydrogens is 142 g/mol. The molecule has 2 fully saturated rings. The molecule has 0 aromatic heterocycles. The van der Waals surface area contributed by atoms with E-state index in [9.17, 15) is 0 Å². The van der Waals surface area contributed by atoms with Crippen LogP contribution in [0.25, 0.3) is 0 Å². The summed E-state index contributed by atoms with van der Waals surface area (Å²) in [6.07, 6.45) is 1.31. The number of aliphatic hydroxyl groups excluding tert-OH is 1. The lowest BCUT2D eigenvalue weighted by molar-refractivity contribution is 0.0400. The van der Waals surface area contributed by atoms with Crippen molar-refractivity contribution in [2.75, 3.05) is 26.3 Å². The minimum atomic E-state index is 0.104. The molecule has 2 aliphatic heterocycles. The molecule has 0 amide bonds. The number of aliphatic hydroxyl groups is 1. The molecule has 0 aromatic carbocycles. The Bertz CT molecular complexity index is 134. The van der Waals surface area contributed by atoms with Gasteiger partial charge in [0.2, 0.25) is 0 Å². The molecule has 64 valence electrons. The Hall–Kier alpha value is -0.120. The van der Waals surface area contributed by atoms with Crippen LogP contribution in [-0.2, 0) is 4.74 Å². The molecular formula is C8H15NO2. The van der Waals surface area contributed by atoms with Gasteiger partial charge in [-0.25, -0.2) is 0 Å². The first-order valence-corrected chi connectivity index (χ1v) is 4.35. The number of nitrogens with one attached hydrogen (secondary N) is 1. The van der Waals surface area contributed by atoms with Gasteiger partial charge in [0, 0.05) is 12.5 Å². The van der Waals surface area contributed by atoms with Crippen molar-refractivity contribution in [2.45, 2.75) is 12.5 Å². The van der Waals surface area contributed by atoms with Crippen molar-refractivity contribution in [1.82, 2.24) is 5.32 Å². The molecule has 11 heavy (non-hydrogen) atoms. The molecule has 2 N–H and O–H groups in total. The molecule has 3 heteroatoms. The Morgan fingerprint density at radius 3 is 3.27 bits per heavy atom. The van der Waals surface area contributed by atoms with Crippen LogP contribution in [0.4, 0.5) is 0 Å². The first-order chi connectivity index (χ1) is 5.42. The summed E-state index contributed by atoms with van der Waals surface area (Å²) in [6, 6.07) is 0. The lowest BCUT2D eigenvalue weighted by Gasteiger charge is -2.26. The number of piperidine rings is 1. The summed E-state index contributed by atoms with van der Waals surface area (Å²) in [5.41, 5.74) is 0. The fourth-order valence-corrected chi connectivity index (χ4v) is 2.14. The highest BCUT2D eigenvalue weighted by Crippen LogP contribution is 2.30. The van der Waals surface area contributed by atoms with Gasteiger partial charge in [-0.05, 0) is 18.9 Å². The van der Waals surface area contributed by atoms with E-state index in [1.54, 1.807) is 0 Å². The summed E-state index contributed by atoms with van der Waals surface area (Å²) in [5.74, 6) is 1.27. The van der Waals surface area contributed by atoms with Crippen molar-refractivity contribution in [3.8, 4) is 0 Å². The zero-order chi connectivity index (χ0) is 7.68. The minimum Gasteiger partial charge on any atom is -0.394 e. The summed E-state index contributed by atoms with van der Waals surface area (Å²) in [7, 11) is 0. The maximum Gasteiger partial charge on any atom is 0.0849 e. The highest BCUT2D eigenvalue weighted by atomic mass is 16.5. The number of ether oxygens (including phenoxy) is 1. The van der Waals surface area contributed by atoms with Gasteiger partial charge in [0.25, 0.3) is 0 Å². The summed E-state index contributed by atoms with van der Waals surface area (Å²) >= 11 is 0. The molecule has 2 saturated heterocycles. The van der Waals surface area contributed by atoms with Crippen LogP contribution in [-0.4, -0.2) is 37.5 Å². The van der Waals surface area contributed by atoms with Crippen LogP contribution in [0.3, 0.4) is 0 Å². The maximum atomic E-state index is 8.95. The average molecular weight is 157 g/mol. The van der Waals surface area contributed by atoms with E-state index in [2.05, 4.69) is 5.32 Å². The second kappa shape index (κ2) is 3.09. The molecule has 0 radical (unpaired) electrons. The fourth-order valence-electron chi connectivity index (χ4n) is 2.14. The van der Waals surface area contributed by atoms with Gasteiger partial charge in [-0.3, -0.25) is 0 Å². The van der Waals surface area contributed by atoms with E-state index in [4.69, 9.17) is 9.84 Å². The minimum absolute atomic E-state index is 0.104. The highest BCUT2D eigenvalue weighted by molar-refractivity contribution is 4.88. The standard InChI is InChI=1S/C8H15NO2/c10-4-8-7-3-9-2-1-6(7)5-11-8/h6-10H,1-5H2. The lowest BCUT2D eigenvalue weighted by Crippen LogP contribution is -2.39. The predicted octanol–water partition coefficient (Wildman–Crippen LogP) is -0.397. The quantitative estimate of drug-likeness (QED) is 0.544. The van der Waals surface area contributed by atoms with E-state index in [0.29, 0.717) is 11.8 Å². The lowest BCUT2D eigenvalue weighted by atomic mass is 9.86. The van der Waals surface area contributed by atoms with E-state index >= 15 is 0 Å². The number of fused-ring (bicyclic) bond motifs is 1. The molecule has 0 bridgehead atoms. The predicted molar refractivity (Wildman–Crippen MR) is 41.3 cm³/mol. The number of hydrogen-bond acceptors (Lipinski definition) is 3. The van der Waals surface area contributed by atoms with Gasteiger partial charge in [-0.15, -0.1) is 0 Å². The second-order valence-corrected chi connectivity index (χ2v) is 3.47. The van der Waals surface area contributed by atoms with Crippen molar-refractivity contribution >= 4 is 0 Å². The third kappa shape index (κ3) is 1.28. The summed E-state index contributed by atoms with van der Waals surface area (Å²) in [6.45, 7) is 3.18. The van der Waals surface area contributed by atoms with Crippen LogP contribution in [0.5, 0.6) is 0 Å². The van der Waals surface area contributed by atoms with Gasteiger partial charge in [0.1, 0.15) is 0 Å². The summed E-state index contributed by atoms with van der Waals surface area (Å²) < 4.78 is 5.46. The van der Waals surface area contributed by atoms with E-state index < -0.39 is 0 Å². The number of hydrogen-bond donors (Lipinski definition) is 2. The number of rotatable bonds is 1. The summed E-state index contributed by atoms with van der Waals surface area (Å²) in [4.78, 5) is 0. The van der Waals surface area contributed by atoms with Gasteiger partial charge in [-0.2, -0.15) is 0 Å². The van der Waals surface area contributed by atoms with Crippen molar-refractivity contribution in [1.29, 1.82) is 0 Å². The Morgan fingerprint density at radius 2 is 2.45 bits per heavy atom. The third-order valence-corrected chi connectivity index (χ3v) is 2.86. The van der Waals surface area contributed by atoms with Gasteiger partial charge in [0.05, 0.1) is 19.3 Å². The van der Waals surface area contributed by atoms with Crippen LogP contribution >= 0.6 is 0 Å². The summed E-state index contributed by atoms with van der Waals surface area (Å²) in [5, 5.41) is 12.3. The van der Waals surface area contributed by atoms with Crippen molar-refractivity contribution < 1.29 is 9.84 Å². The molecule has 2 rings (SSSR count). The molecule has 3 nitrogen and oxygen atoms in total. The molecule has 0 aromatic rings. The second-order valence-electron chi connectivity index (χ2n) is 3.47. The largest absolute Gasteiger partial charge is 0.394 e. The van der Waals surface area contributed by atoms with Crippen molar-refractivity contribution in [2.24, 2.45) is 11.8 Å². The molecule has 0 aliphatic carbocycles. The first kappa shape index (κ1) is 7.53. The zero-order valence-electron chi connectivity index (χ0n) is 6.62. The van der Waals surface area contributed by atoms with Crippen molar-refractivity contribution in [3.05, 3.63) is 0 Å². The van der Waals surface area contributed by atoms with Crippen molar-refractivity contribution in [3.63, 3.8) is 0 Å². The molecule has 3 atom stereocenters. The van der Waals surface area contributed by atoms with E-state index in [0.717, 1.165) is 19.7 Å². The first-order valence-electron chi connectivity index (χ1n) is 4.35. The Balaban J connectivity index is 1.98. The normalized spacial score (nSPS) is 43.9. The van der Waals surface area contributed by atoms with E-state index in [-0.39, 0.29) is 12.7 Å². The Labute approximate surface area is 66.7 Å². The Morgan fingerprint density at radius 1 is 1.55 bits per heavy atom. The Kier molecular flexibility index (Phi) is 2.11. The van der Waals surface area contributed by atoms with Crippen LogP contribution in [0.15, 0.2) is 0 Å². The van der Waals surface area contributed by atoms with Gasteiger partial charge in [-0.1, -0.05) is 0 Å². The van der Waals surface area contributed by atoms with Crippen LogP contribution in [0.2, 0.25) is 0 Å². The average Bonchev–Trinajstić information content (AvgIpc) is 2.47. The maximum absolute atomic E-state index is 8.95. The molecule has 2 aliphatic rings. The third-order valence-electron chi connectivity index (χ3n) is 2.86. The monoisotopic (exact) mass is 157 g/mol. The van der Waals surface area contributed by atoms with E-state index in [1.807, 2.05) is 0 Å². The smallest absolute Gasteiger partial charge is 0.0849 e. The molecule has 0 saturated carbocycles. The fraction of sp³-hybridized carbons (Fsp3) is 1.00. The van der Waals surface area contributed by atoms with Crippen LogP contribution in [0.1, 0.15) is 6.42 Å². The van der Waals surface area contributed by atoms with Gasteiger partial charge < -0.3 is 15.2 Å². The highest BCUT2D eigenvalue weighted by Gasteiger charge is 2.37. The van der Waals surface area contributed by atoms with Gasteiger partial charge >= 0.3 is 0 Å². The topological polar surface area (TPSA) is 41.5 Å². The molecule has 0 spiro atoms. The molecule has 3 unspecified atom stereocenters. The molecule has 2 heterocycles. The van der Waals surface area contributed by atoms with Crippen LogP contribution in [0, 0.1) is 11.8 Å².